The molecule has 24 heavy (non-hydrogen) atoms. The topological polar surface area (TPSA) is 83.4 Å². The molecule has 6 nitrogen and oxygen atoms in total. The van der Waals surface area contributed by atoms with Crippen LogP contribution in [0.25, 0.3) is 0 Å². The van der Waals surface area contributed by atoms with Crippen LogP contribution in [0.4, 0.5) is 0 Å². The molecule has 2 aromatic rings. The largest absolute Gasteiger partial charge is 0.352 e. The monoisotopic (exact) mass is 324 g/mol. The molecule has 0 saturated carbocycles. The Bertz CT molecular complexity index is 724. The van der Waals surface area contributed by atoms with Crippen LogP contribution in [0.1, 0.15) is 34.8 Å². The van der Waals surface area contributed by atoms with E-state index in [0.29, 0.717) is 17.8 Å². The van der Waals surface area contributed by atoms with Crippen LogP contribution in [0.3, 0.4) is 0 Å². The molecule has 0 aliphatic heterocycles. The van der Waals surface area contributed by atoms with E-state index in [0.717, 1.165) is 11.1 Å². The number of carbonyl (C=O) groups is 2. The quantitative estimate of drug-likeness (QED) is 0.631. The second-order valence-electron chi connectivity index (χ2n) is 5.47. The lowest BCUT2D eigenvalue weighted by Gasteiger charge is -2.05. The number of amides is 2. The first kappa shape index (κ1) is 17.3. The number of hydrogen-bond donors (Lipinski definition) is 2. The molecule has 1 aromatic carbocycles. The number of aromatic nitrogens is 1. The molecular weight excluding hydrogens is 304 g/mol. The summed E-state index contributed by atoms with van der Waals surface area (Å²) in [6, 6.07) is 10.9. The Morgan fingerprint density at radius 1 is 1.17 bits per heavy atom. The van der Waals surface area contributed by atoms with Crippen molar-refractivity contribution in [3.05, 3.63) is 65.5 Å². The minimum Gasteiger partial charge on any atom is -0.352 e. The van der Waals surface area contributed by atoms with Gasteiger partial charge in [0.05, 0.1) is 6.42 Å². The number of nitrogens with zero attached hydrogens (tertiary/aromatic N) is 2. The summed E-state index contributed by atoms with van der Waals surface area (Å²) in [6.45, 7) is 4.06. The minimum atomic E-state index is -0.301. The van der Waals surface area contributed by atoms with Crippen molar-refractivity contribution in [3.8, 4) is 0 Å². The first-order chi connectivity index (χ1) is 11.5. The third kappa shape index (κ3) is 5.64. The Kier molecular flexibility index (Phi) is 6.19. The van der Waals surface area contributed by atoms with E-state index in [9.17, 15) is 9.59 Å². The lowest BCUT2D eigenvalue weighted by atomic mass is 10.1. The van der Waals surface area contributed by atoms with Crippen LogP contribution >= 0.6 is 0 Å². The predicted molar refractivity (Wildman–Crippen MR) is 92.5 cm³/mol. The van der Waals surface area contributed by atoms with Crippen molar-refractivity contribution in [1.29, 1.82) is 0 Å². The van der Waals surface area contributed by atoms with Gasteiger partial charge in [0.25, 0.3) is 5.91 Å². The highest BCUT2D eigenvalue weighted by Crippen LogP contribution is 2.02. The number of hydrogen-bond acceptors (Lipinski definition) is 4. The second-order valence-corrected chi connectivity index (χ2v) is 5.47. The summed E-state index contributed by atoms with van der Waals surface area (Å²) in [5.41, 5.74) is 5.51. The van der Waals surface area contributed by atoms with E-state index in [1.165, 1.54) is 0 Å². The molecule has 124 valence electrons. The van der Waals surface area contributed by atoms with E-state index in [2.05, 4.69) is 20.8 Å². The average Bonchev–Trinajstić information content (AvgIpc) is 2.59. The van der Waals surface area contributed by atoms with Gasteiger partial charge in [0, 0.05) is 30.2 Å². The van der Waals surface area contributed by atoms with Gasteiger partial charge in [-0.1, -0.05) is 23.8 Å². The standard InChI is InChI=1S/C18H20N4O2/c1-13-5-7-16(8-6-13)18(24)22-21-14(2)10-17(23)20-12-15-4-3-9-19-11-15/h3-9,11H,10,12H2,1-2H3,(H,20,23)(H,22,24)/b21-14+. The fourth-order valence-electron chi connectivity index (χ4n) is 1.95. The fourth-order valence-corrected chi connectivity index (χ4v) is 1.95. The number of rotatable bonds is 6. The van der Waals surface area contributed by atoms with E-state index in [4.69, 9.17) is 0 Å². The van der Waals surface area contributed by atoms with E-state index >= 15 is 0 Å². The Balaban J connectivity index is 1.79. The van der Waals surface area contributed by atoms with Crippen molar-refractivity contribution in [3.63, 3.8) is 0 Å². The molecule has 0 aliphatic carbocycles. The minimum absolute atomic E-state index is 0.119. The molecule has 6 heteroatoms. The van der Waals surface area contributed by atoms with Gasteiger partial charge in [0.15, 0.2) is 0 Å². The third-order valence-electron chi connectivity index (χ3n) is 3.29. The number of aryl methyl sites for hydroxylation is 1. The average molecular weight is 324 g/mol. The van der Waals surface area contributed by atoms with Gasteiger partial charge < -0.3 is 5.32 Å². The van der Waals surface area contributed by atoms with Crippen molar-refractivity contribution >= 4 is 17.5 Å². The molecule has 0 aliphatic rings. The van der Waals surface area contributed by atoms with Crippen LogP contribution in [-0.2, 0) is 11.3 Å². The van der Waals surface area contributed by atoms with E-state index < -0.39 is 0 Å². The van der Waals surface area contributed by atoms with Crippen molar-refractivity contribution in [2.24, 2.45) is 5.10 Å². The molecule has 2 rings (SSSR count). The molecule has 0 bridgehead atoms. The molecule has 2 amide bonds. The summed E-state index contributed by atoms with van der Waals surface area (Å²) < 4.78 is 0. The molecule has 0 atom stereocenters. The second kappa shape index (κ2) is 8.57. The Morgan fingerprint density at radius 2 is 1.92 bits per heavy atom. The molecule has 0 unspecified atom stereocenters. The zero-order valence-electron chi connectivity index (χ0n) is 13.7. The van der Waals surface area contributed by atoms with Crippen LogP contribution in [0, 0.1) is 6.92 Å². The molecule has 0 radical (unpaired) electrons. The van der Waals surface area contributed by atoms with Gasteiger partial charge in [-0.3, -0.25) is 14.6 Å². The van der Waals surface area contributed by atoms with Gasteiger partial charge in [0.1, 0.15) is 0 Å². The summed E-state index contributed by atoms with van der Waals surface area (Å²) in [6.07, 6.45) is 3.50. The van der Waals surface area contributed by atoms with E-state index in [1.807, 2.05) is 31.2 Å². The molecule has 0 saturated heterocycles. The van der Waals surface area contributed by atoms with Gasteiger partial charge in [-0.2, -0.15) is 5.10 Å². The highest BCUT2D eigenvalue weighted by molar-refractivity contribution is 6.01. The number of hydrazone groups is 1. The first-order valence-corrected chi connectivity index (χ1v) is 7.60. The molecule has 1 aromatic heterocycles. The smallest absolute Gasteiger partial charge is 0.271 e. The molecule has 0 spiro atoms. The summed E-state index contributed by atoms with van der Waals surface area (Å²) in [7, 11) is 0. The maximum absolute atomic E-state index is 11.9. The van der Waals surface area contributed by atoms with Crippen LogP contribution in [0.2, 0.25) is 0 Å². The lowest BCUT2D eigenvalue weighted by Crippen LogP contribution is -2.26. The van der Waals surface area contributed by atoms with Crippen LogP contribution in [-0.4, -0.2) is 22.5 Å². The number of pyridine rings is 1. The molecular formula is C18H20N4O2. The van der Waals surface area contributed by atoms with Crippen molar-refractivity contribution < 1.29 is 9.59 Å². The van der Waals surface area contributed by atoms with E-state index in [-0.39, 0.29) is 18.2 Å². The zero-order chi connectivity index (χ0) is 17.4. The van der Waals surface area contributed by atoms with Gasteiger partial charge in [-0.05, 0) is 37.6 Å². The van der Waals surface area contributed by atoms with Gasteiger partial charge in [0.2, 0.25) is 5.91 Å². The van der Waals surface area contributed by atoms with Crippen LogP contribution in [0.5, 0.6) is 0 Å². The summed E-state index contributed by atoms with van der Waals surface area (Å²) >= 11 is 0. The third-order valence-corrected chi connectivity index (χ3v) is 3.29. The number of benzene rings is 1. The maximum atomic E-state index is 11.9. The van der Waals surface area contributed by atoms with Crippen molar-refractivity contribution in [2.45, 2.75) is 26.8 Å². The lowest BCUT2D eigenvalue weighted by molar-refractivity contribution is -0.120. The van der Waals surface area contributed by atoms with Crippen molar-refractivity contribution in [1.82, 2.24) is 15.7 Å². The highest BCUT2D eigenvalue weighted by atomic mass is 16.2. The summed E-state index contributed by atoms with van der Waals surface area (Å²) in [4.78, 5) is 27.8. The zero-order valence-corrected chi connectivity index (χ0v) is 13.7. The number of nitrogens with one attached hydrogen (secondary N) is 2. The number of carbonyl (C=O) groups excluding carboxylic acids is 2. The fraction of sp³-hybridized carbons (Fsp3) is 0.222. The summed E-state index contributed by atoms with van der Waals surface area (Å²) in [5, 5.41) is 6.74. The van der Waals surface area contributed by atoms with Gasteiger partial charge in [-0.15, -0.1) is 0 Å². The van der Waals surface area contributed by atoms with Crippen LogP contribution in [0.15, 0.2) is 53.9 Å². The Morgan fingerprint density at radius 3 is 2.58 bits per heavy atom. The van der Waals surface area contributed by atoms with Crippen molar-refractivity contribution in [2.75, 3.05) is 0 Å². The highest BCUT2D eigenvalue weighted by Gasteiger charge is 2.06. The Hall–Kier alpha value is -3.02. The SMILES string of the molecule is C/C(CC(=O)NCc1cccnc1)=N\NC(=O)c1ccc(C)cc1. The molecule has 1 heterocycles. The molecule has 2 N–H and O–H groups in total. The van der Waals surface area contributed by atoms with Gasteiger partial charge in [-0.25, -0.2) is 5.43 Å². The Labute approximate surface area is 141 Å². The molecule has 0 fully saturated rings. The first-order valence-electron chi connectivity index (χ1n) is 7.60. The van der Waals surface area contributed by atoms with Gasteiger partial charge >= 0.3 is 0 Å². The predicted octanol–water partition coefficient (Wildman–Crippen LogP) is 2.20. The van der Waals surface area contributed by atoms with E-state index in [1.54, 1.807) is 31.5 Å². The normalized spacial score (nSPS) is 11.0. The maximum Gasteiger partial charge on any atom is 0.271 e. The van der Waals surface area contributed by atoms with Crippen LogP contribution < -0.4 is 10.7 Å². The summed E-state index contributed by atoms with van der Waals surface area (Å²) in [5.74, 6) is -0.463.